The van der Waals surface area contributed by atoms with Gasteiger partial charge in [0.05, 0.1) is 32.7 Å². The van der Waals surface area contributed by atoms with Crippen LogP contribution >= 0.6 is 31.9 Å². The van der Waals surface area contributed by atoms with E-state index in [0.29, 0.717) is 14.6 Å². The van der Waals surface area contributed by atoms with Crippen LogP contribution in [0, 0.1) is 10.1 Å². The fourth-order valence-electron chi connectivity index (χ4n) is 1.74. The third kappa shape index (κ3) is 3.80. The molecule has 0 atom stereocenters. The van der Waals surface area contributed by atoms with Crippen LogP contribution in [0.25, 0.3) is 0 Å². The number of nitro groups is 1. The standard InChI is InChI=1S/C14H10Br2N2O5/c1-23-12-5-9(18(21)22)2-7(13(12)19)6-17-8-3-10(15)14(20)11(16)4-8/h2-6,19-20H,1H3. The third-order valence-corrected chi connectivity index (χ3v) is 4.08. The van der Waals surface area contributed by atoms with E-state index in [9.17, 15) is 20.3 Å². The molecule has 0 saturated heterocycles. The van der Waals surface area contributed by atoms with Crippen LogP contribution in [0.4, 0.5) is 11.4 Å². The van der Waals surface area contributed by atoms with Gasteiger partial charge in [-0.15, -0.1) is 0 Å². The van der Waals surface area contributed by atoms with E-state index in [4.69, 9.17) is 4.74 Å². The minimum Gasteiger partial charge on any atom is -0.506 e. The Labute approximate surface area is 147 Å². The lowest BCUT2D eigenvalue weighted by atomic mass is 10.1. The van der Waals surface area contributed by atoms with Gasteiger partial charge in [-0.2, -0.15) is 0 Å². The SMILES string of the molecule is COc1cc([N+](=O)[O-])cc(C=Nc2cc(Br)c(O)c(Br)c2)c1O. The number of ether oxygens (including phenoxy) is 1. The molecule has 9 heteroatoms. The molecule has 0 bridgehead atoms. The summed E-state index contributed by atoms with van der Waals surface area (Å²) in [4.78, 5) is 14.5. The molecule has 0 amide bonds. The summed E-state index contributed by atoms with van der Waals surface area (Å²) in [6, 6.07) is 5.43. The van der Waals surface area contributed by atoms with E-state index in [1.54, 1.807) is 12.1 Å². The lowest BCUT2D eigenvalue weighted by Gasteiger charge is -2.06. The number of phenols is 2. The molecule has 0 unspecified atom stereocenters. The number of hydrogen-bond acceptors (Lipinski definition) is 6. The monoisotopic (exact) mass is 444 g/mol. The lowest BCUT2D eigenvalue weighted by Crippen LogP contribution is -1.94. The van der Waals surface area contributed by atoms with Gasteiger partial charge in [0.2, 0.25) is 0 Å². The first-order chi connectivity index (χ1) is 10.8. The van der Waals surface area contributed by atoms with Gasteiger partial charge in [0.15, 0.2) is 11.5 Å². The molecular weight excluding hydrogens is 436 g/mol. The summed E-state index contributed by atoms with van der Waals surface area (Å²) in [6.45, 7) is 0. The van der Waals surface area contributed by atoms with Crippen LogP contribution in [0.3, 0.4) is 0 Å². The van der Waals surface area contributed by atoms with Crippen LogP contribution < -0.4 is 4.74 Å². The second-order valence-corrected chi connectivity index (χ2v) is 6.07. The summed E-state index contributed by atoms with van der Waals surface area (Å²) in [5.74, 6) is -0.240. The first-order valence-electron chi connectivity index (χ1n) is 6.11. The van der Waals surface area contributed by atoms with Gasteiger partial charge in [-0.1, -0.05) is 0 Å². The smallest absolute Gasteiger partial charge is 0.274 e. The van der Waals surface area contributed by atoms with Crippen LogP contribution in [0.5, 0.6) is 17.2 Å². The van der Waals surface area contributed by atoms with Gasteiger partial charge in [-0.25, -0.2) is 0 Å². The number of nitrogens with zero attached hydrogens (tertiary/aromatic N) is 2. The van der Waals surface area contributed by atoms with Crippen molar-refractivity contribution >= 4 is 49.4 Å². The molecule has 0 fully saturated rings. The minimum atomic E-state index is -0.590. The highest BCUT2D eigenvalue weighted by atomic mass is 79.9. The maximum absolute atomic E-state index is 10.9. The number of aromatic hydroxyl groups is 2. The van der Waals surface area contributed by atoms with E-state index in [1.807, 2.05) is 0 Å². The first-order valence-corrected chi connectivity index (χ1v) is 7.69. The lowest BCUT2D eigenvalue weighted by molar-refractivity contribution is -0.385. The predicted molar refractivity (Wildman–Crippen MR) is 92.1 cm³/mol. The van der Waals surface area contributed by atoms with E-state index in [2.05, 4.69) is 36.9 Å². The van der Waals surface area contributed by atoms with E-state index in [-0.39, 0.29) is 28.5 Å². The summed E-state index contributed by atoms with van der Waals surface area (Å²) in [6.07, 6.45) is 1.27. The number of halogens is 2. The molecule has 0 aliphatic rings. The predicted octanol–water partition coefficient (Wildman–Crippen LogP) is 4.29. The molecule has 2 aromatic carbocycles. The summed E-state index contributed by atoms with van der Waals surface area (Å²) >= 11 is 6.36. The Balaban J connectivity index is 2.47. The van der Waals surface area contributed by atoms with Crippen molar-refractivity contribution in [1.29, 1.82) is 0 Å². The van der Waals surface area contributed by atoms with Crippen LogP contribution in [0.15, 0.2) is 38.2 Å². The molecular formula is C14H10Br2N2O5. The minimum absolute atomic E-state index is 0.0197. The van der Waals surface area contributed by atoms with Crippen molar-refractivity contribution in [2.24, 2.45) is 4.99 Å². The Bertz CT molecular complexity index is 785. The van der Waals surface area contributed by atoms with E-state index < -0.39 is 4.92 Å². The zero-order valence-corrected chi connectivity index (χ0v) is 14.8. The summed E-state index contributed by atoms with van der Waals surface area (Å²) < 4.78 is 5.78. The molecule has 23 heavy (non-hydrogen) atoms. The van der Waals surface area contributed by atoms with Crippen LogP contribution in [0.2, 0.25) is 0 Å². The number of phenolic OH excluding ortho intramolecular Hbond substituents is 2. The van der Waals surface area contributed by atoms with Gasteiger partial charge in [0, 0.05) is 17.8 Å². The van der Waals surface area contributed by atoms with Crippen molar-refractivity contribution in [3.63, 3.8) is 0 Å². The molecule has 2 aromatic rings. The molecule has 0 aliphatic carbocycles. The highest BCUT2D eigenvalue weighted by molar-refractivity contribution is 9.11. The van der Waals surface area contributed by atoms with E-state index in [0.717, 1.165) is 6.07 Å². The van der Waals surface area contributed by atoms with Crippen LogP contribution in [0.1, 0.15) is 5.56 Å². The number of nitro benzene ring substituents is 1. The van der Waals surface area contributed by atoms with Gasteiger partial charge in [0.1, 0.15) is 5.75 Å². The maximum Gasteiger partial charge on any atom is 0.274 e. The number of hydrogen-bond donors (Lipinski definition) is 2. The molecule has 120 valence electrons. The molecule has 0 aromatic heterocycles. The summed E-state index contributed by atoms with van der Waals surface area (Å²) in [5.41, 5.74) is 0.372. The van der Waals surface area contributed by atoms with Gasteiger partial charge in [-0.05, 0) is 44.0 Å². The Morgan fingerprint density at radius 3 is 2.30 bits per heavy atom. The second-order valence-electron chi connectivity index (χ2n) is 4.36. The summed E-state index contributed by atoms with van der Waals surface area (Å²) in [5, 5.41) is 30.6. The molecule has 2 N–H and O–H groups in total. The maximum atomic E-state index is 10.9. The topological polar surface area (TPSA) is 105 Å². The van der Waals surface area contributed by atoms with Gasteiger partial charge in [0.25, 0.3) is 5.69 Å². The quantitative estimate of drug-likeness (QED) is 0.414. The van der Waals surface area contributed by atoms with Gasteiger partial charge >= 0.3 is 0 Å². The van der Waals surface area contributed by atoms with Crippen molar-refractivity contribution in [2.75, 3.05) is 7.11 Å². The molecule has 0 radical (unpaired) electrons. The highest BCUT2D eigenvalue weighted by Gasteiger charge is 2.15. The number of rotatable bonds is 4. The number of aliphatic imine (C=N–C) groups is 1. The van der Waals surface area contributed by atoms with Crippen LogP contribution in [-0.4, -0.2) is 28.5 Å². The van der Waals surface area contributed by atoms with Crippen molar-refractivity contribution in [3.8, 4) is 17.2 Å². The third-order valence-electron chi connectivity index (χ3n) is 2.87. The van der Waals surface area contributed by atoms with Crippen molar-refractivity contribution in [2.45, 2.75) is 0 Å². The van der Waals surface area contributed by atoms with Crippen LogP contribution in [-0.2, 0) is 0 Å². The molecule has 0 spiro atoms. The normalized spacial score (nSPS) is 10.9. The molecule has 0 saturated carbocycles. The van der Waals surface area contributed by atoms with Crippen molar-refractivity contribution < 1.29 is 19.9 Å². The second kappa shape index (κ2) is 6.97. The molecule has 0 aliphatic heterocycles. The fourth-order valence-corrected chi connectivity index (χ4v) is 2.91. The fraction of sp³-hybridized carbons (Fsp3) is 0.0714. The zero-order chi connectivity index (χ0) is 17.1. The number of benzene rings is 2. The first kappa shape index (κ1) is 17.2. The Kier molecular flexibility index (Phi) is 5.22. The van der Waals surface area contributed by atoms with E-state index in [1.165, 1.54) is 19.4 Å². The Morgan fingerprint density at radius 1 is 1.17 bits per heavy atom. The van der Waals surface area contributed by atoms with Crippen molar-refractivity contribution in [3.05, 3.63) is 48.9 Å². The largest absolute Gasteiger partial charge is 0.506 e. The van der Waals surface area contributed by atoms with Gasteiger partial charge in [-0.3, -0.25) is 15.1 Å². The Morgan fingerprint density at radius 2 is 1.78 bits per heavy atom. The Hall–Kier alpha value is -2.13. The molecule has 0 heterocycles. The number of non-ortho nitro benzene ring substituents is 1. The zero-order valence-electron chi connectivity index (χ0n) is 11.7. The van der Waals surface area contributed by atoms with E-state index >= 15 is 0 Å². The van der Waals surface area contributed by atoms with Gasteiger partial charge < -0.3 is 14.9 Å². The highest BCUT2D eigenvalue weighted by Crippen LogP contribution is 2.37. The number of methoxy groups -OCH3 is 1. The summed E-state index contributed by atoms with van der Waals surface area (Å²) in [7, 11) is 1.30. The molecule has 7 nitrogen and oxygen atoms in total. The van der Waals surface area contributed by atoms with Crippen molar-refractivity contribution in [1.82, 2.24) is 0 Å². The average Bonchev–Trinajstić information content (AvgIpc) is 2.51. The molecule has 2 rings (SSSR count). The average molecular weight is 446 g/mol.